The Morgan fingerprint density at radius 1 is 1.05 bits per heavy atom. The van der Waals surface area contributed by atoms with Crippen molar-refractivity contribution in [2.75, 3.05) is 14.2 Å². The fourth-order valence-electron chi connectivity index (χ4n) is 2.19. The second-order valence-corrected chi connectivity index (χ2v) is 5.27. The van der Waals surface area contributed by atoms with Crippen molar-refractivity contribution in [2.24, 2.45) is 0 Å². The molecule has 1 unspecified atom stereocenters. The summed E-state index contributed by atoms with van der Waals surface area (Å²) in [5, 5.41) is -0.294. The zero-order valence-corrected chi connectivity index (χ0v) is 12.9. The molecule has 0 spiro atoms. The molecular formula is C17H18ClFO2. The molecule has 2 rings (SSSR count). The van der Waals surface area contributed by atoms with Crippen molar-refractivity contribution in [1.29, 1.82) is 0 Å². The summed E-state index contributed by atoms with van der Waals surface area (Å²) in [5.74, 6) is 1.14. The average molecular weight is 309 g/mol. The van der Waals surface area contributed by atoms with Crippen LogP contribution in [0.3, 0.4) is 0 Å². The predicted molar refractivity (Wildman–Crippen MR) is 82.9 cm³/mol. The predicted octanol–water partition coefficient (Wildman–Crippen LogP) is 4.76. The first-order chi connectivity index (χ1) is 10.1. The minimum atomic E-state index is -0.305. The van der Waals surface area contributed by atoms with Crippen LogP contribution < -0.4 is 9.47 Å². The molecule has 0 amide bonds. The van der Waals surface area contributed by atoms with Gasteiger partial charge in [0.1, 0.15) is 17.3 Å². The quantitative estimate of drug-likeness (QED) is 0.717. The molecule has 0 saturated carbocycles. The van der Waals surface area contributed by atoms with E-state index < -0.39 is 0 Å². The molecule has 0 aliphatic heterocycles. The molecule has 0 aromatic heterocycles. The molecule has 1 atom stereocenters. The van der Waals surface area contributed by atoms with E-state index in [1.165, 1.54) is 12.1 Å². The van der Waals surface area contributed by atoms with Gasteiger partial charge >= 0.3 is 0 Å². The van der Waals surface area contributed by atoms with Crippen LogP contribution in [-0.2, 0) is 6.42 Å². The molecule has 0 aliphatic rings. The smallest absolute Gasteiger partial charge is 0.123 e. The maximum absolute atomic E-state index is 13.4. The van der Waals surface area contributed by atoms with Gasteiger partial charge in [-0.15, -0.1) is 11.6 Å². The molecule has 0 aliphatic carbocycles. The van der Waals surface area contributed by atoms with Gasteiger partial charge in [0.05, 0.1) is 19.6 Å². The monoisotopic (exact) mass is 308 g/mol. The Labute approximate surface area is 129 Å². The summed E-state index contributed by atoms with van der Waals surface area (Å²) in [6.07, 6.45) is 1.51. The van der Waals surface area contributed by atoms with Gasteiger partial charge in [-0.1, -0.05) is 12.1 Å². The summed E-state index contributed by atoms with van der Waals surface area (Å²) in [4.78, 5) is 0. The minimum absolute atomic E-state index is 0.294. The Balaban J connectivity index is 2.03. The highest BCUT2D eigenvalue weighted by molar-refractivity contribution is 6.21. The van der Waals surface area contributed by atoms with Crippen LogP contribution in [0.1, 0.15) is 22.9 Å². The van der Waals surface area contributed by atoms with Gasteiger partial charge in [-0.3, -0.25) is 0 Å². The Bertz CT molecular complexity index is 584. The zero-order valence-electron chi connectivity index (χ0n) is 12.1. The molecule has 0 N–H and O–H groups in total. The van der Waals surface area contributed by atoms with E-state index in [4.69, 9.17) is 21.1 Å². The van der Waals surface area contributed by atoms with E-state index in [1.54, 1.807) is 20.3 Å². The normalized spacial score (nSPS) is 12.0. The second kappa shape index (κ2) is 7.32. The van der Waals surface area contributed by atoms with Crippen LogP contribution in [0.5, 0.6) is 11.5 Å². The van der Waals surface area contributed by atoms with Gasteiger partial charge in [0.2, 0.25) is 0 Å². The zero-order chi connectivity index (χ0) is 15.2. The van der Waals surface area contributed by atoms with E-state index in [9.17, 15) is 4.39 Å². The van der Waals surface area contributed by atoms with Crippen LogP contribution in [0.2, 0.25) is 0 Å². The number of halogens is 2. The largest absolute Gasteiger partial charge is 0.497 e. The number of ether oxygens (including phenoxy) is 2. The van der Waals surface area contributed by atoms with Crippen molar-refractivity contribution in [3.63, 3.8) is 0 Å². The molecule has 0 radical (unpaired) electrons. The standard InChI is InChI=1S/C17H18ClFO2/c1-20-14-7-3-12(4-8-14)5-9-16(18)15-11-13(19)6-10-17(15)21-2/h3-4,6-8,10-11,16H,5,9H2,1-2H3. The van der Waals surface area contributed by atoms with Crippen LogP contribution in [0, 0.1) is 5.82 Å². The Morgan fingerprint density at radius 3 is 2.38 bits per heavy atom. The Morgan fingerprint density at radius 2 is 1.76 bits per heavy atom. The van der Waals surface area contributed by atoms with E-state index in [1.807, 2.05) is 24.3 Å². The summed E-state index contributed by atoms with van der Waals surface area (Å²) < 4.78 is 23.7. The summed E-state index contributed by atoms with van der Waals surface area (Å²) in [5.41, 5.74) is 1.85. The van der Waals surface area contributed by atoms with Crippen LogP contribution in [0.25, 0.3) is 0 Å². The van der Waals surface area contributed by atoms with E-state index >= 15 is 0 Å². The maximum Gasteiger partial charge on any atom is 0.123 e. The lowest BCUT2D eigenvalue weighted by Gasteiger charge is -2.14. The second-order valence-electron chi connectivity index (χ2n) is 4.74. The first-order valence-electron chi connectivity index (χ1n) is 6.74. The third-order valence-electron chi connectivity index (χ3n) is 3.37. The number of rotatable bonds is 6. The molecule has 0 heterocycles. The summed E-state index contributed by atoms with van der Waals surface area (Å²) in [6.45, 7) is 0. The molecule has 0 fully saturated rings. The van der Waals surface area contributed by atoms with Crippen molar-refractivity contribution in [3.05, 3.63) is 59.4 Å². The molecule has 2 aromatic carbocycles. The van der Waals surface area contributed by atoms with Crippen molar-refractivity contribution in [2.45, 2.75) is 18.2 Å². The molecule has 112 valence electrons. The topological polar surface area (TPSA) is 18.5 Å². The Hall–Kier alpha value is -1.74. The first-order valence-corrected chi connectivity index (χ1v) is 7.18. The summed E-state index contributed by atoms with van der Waals surface area (Å²) in [6, 6.07) is 12.3. The average Bonchev–Trinajstić information content (AvgIpc) is 2.53. The van der Waals surface area contributed by atoms with Crippen molar-refractivity contribution < 1.29 is 13.9 Å². The van der Waals surface area contributed by atoms with Crippen LogP contribution in [0.4, 0.5) is 4.39 Å². The maximum atomic E-state index is 13.4. The van der Waals surface area contributed by atoms with Gasteiger partial charge in [-0.2, -0.15) is 0 Å². The molecule has 21 heavy (non-hydrogen) atoms. The highest BCUT2D eigenvalue weighted by Crippen LogP contribution is 2.33. The lowest BCUT2D eigenvalue weighted by molar-refractivity contribution is 0.407. The lowest BCUT2D eigenvalue weighted by Crippen LogP contribution is -1.99. The van der Waals surface area contributed by atoms with Crippen molar-refractivity contribution in [1.82, 2.24) is 0 Å². The molecule has 0 saturated heterocycles. The van der Waals surface area contributed by atoms with Gasteiger partial charge in [0.25, 0.3) is 0 Å². The van der Waals surface area contributed by atoms with E-state index in [0.29, 0.717) is 17.7 Å². The van der Waals surface area contributed by atoms with Crippen molar-refractivity contribution in [3.8, 4) is 11.5 Å². The summed E-state index contributed by atoms with van der Waals surface area (Å²) >= 11 is 6.40. The van der Waals surface area contributed by atoms with E-state index in [0.717, 1.165) is 17.7 Å². The van der Waals surface area contributed by atoms with Gasteiger partial charge in [0.15, 0.2) is 0 Å². The van der Waals surface area contributed by atoms with Gasteiger partial charge < -0.3 is 9.47 Å². The third kappa shape index (κ3) is 4.11. The molecule has 2 nitrogen and oxygen atoms in total. The molecule has 4 heteroatoms. The number of methoxy groups -OCH3 is 2. The molecule has 2 aromatic rings. The summed E-state index contributed by atoms with van der Waals surface area (Å²) in [7, 11) is 3.20. The fourth-order valence-corrected chi connectivity index (χ4v) is 2.47. The number of aryl methyl sites for hydroxylation is 1. The van der Waals surface area contributed by atoms with Gasteiger partial charge in [-0.05, 0) is 48.7 Å². The number of benzene rings is 2. The van der Waals surface area contributed by atoms with Crippen LogP contribution in [-0.4, -0.2) is 14.2 Å². The highest BCUT2D eigenvalue weighted by atomic mass is 35.5. The lowest BCUT2D eigenvalue weighted by atomic mass is 10.0. The van der Waals surface area contributed by atoms with Gasteiger partial charge in [0, 0.05) is 5.56 Å². The van der Waals surface area contributed by atoms with Gasteiger partial charge in [-0.25, -0.2) is 4.39 Å². The molecular weight excluding hydrogens is 291 g/mol. The fraction of sp³-hybridized carbons (Fsp3) is 0.294. The third-order valence-corrected chi connectivity index (χ3v) is 3.83. The number of hydrogen-bond donors (Lipinski definition) is 0. The SMILES string of the molecule is COc1ccc(CCC(Cl)c2cc(F)ccc2OC)cc1. The van der Waals surface area contributed by atoms with E-state index in [-0.39, 0.29) is 11.2 Å². The van der Waals surface area contributed by atoms with Crippen LogP contribution in [0.15, 0.2) is 42.5 Å². The van der Waals surface area contributed by atoms with Crippen LogP contribution >= 0.6 is 11.6 Å². The number of alkyl halides is 1. The van der Waals surface area contributed by atoms with E-state index in [2.05, 4.69) is 0 Å². The Kier molecular flexibility index (Phi) is 5.45. The number of hydrogen-bond acceptors (Lipinski definition) is 2. The molecule has 0 bridgehead atoms. The van der Waals surface area contributed by atoms with Crippen molar-refractivity contribution >= 4 is 11.6 Å². The first kappa shape index (κ1) is 15.6. The minimum Gasteiger partial charge on any atom is -0.497 e. The highest BCUT2D eigenvalue weighted by Gasteiger charge is 2.14.